The number of nitrogens with zero attached hydrogens (tertiary/aromatic N) is 1. The molecule has 0 N–H and O–H groups in total. The lowest BCUT2D eigenvalue weighted by Gasteiger charge is -2.28. The quantitative estimate of drug-likeness (QED) is 0.0197. The van der Waals surface area contributed by atoms with Crippen LogP contribution in [0.25, 0.3) is 0 Å². The van der Waals surface area contributed by atoms with E-state index in [1.165, 1.54) is 167 Å². The van der Waals surface area contributed by atoms with Crippen LogP contribution in [-0.2, 0) is 27.9 Å². The van der Waals surface area contributed by atoms with Gasteiger partial charge in [-0.15, -0.1) is 0 Å². The molecule has 0 spiro atoms. The van der Waals surface area contributed by atoms with E-state index in [1.807, 2.05) is 21.1 Å². The maximum absolute atomic E-state index is 12.8. The molecular formula is C58H108NO7P. The van der Waals surface area contributed by atoms with Gasteiger partial charge in [0.2, 0.25) is 0 Å². The summed E-state index contributed by atoms with van der Waals surface area (Å²) in [6.07, 6.45) is 65.4. The molecule has 0 aliphatic heterocycles. The summed E-state index contributed by atoms with van der Waals surface area (Å²) in [5.41, 5.74) is 0. The first kappa shape index (κ1) is 65.2. The Kier molecular flexibility index (Phi) is 49.2. The van der Waals surface area contributed by atoms with Gasteiger partial charge in [-0.3, -0.25) is 9.36 Å². The highest BCUT2D eigenvalue weighted by Crippen LogP contribution is 2.38. The van der Waals surface area contributed by atoms with Gasteiger partial charge in [-0.2, -0.15) is 0 Å². The predicted molar refractivity (Wildman–Crippen MR) is 286 cm³/mol. The summed E-state index contributed by atoms with van der Waals surface area (Å²) in [6.45, 7) is 5.32. The van der Waals surface area contributed by atoms with Gasteiger partial charge >= 0.3 is 5.97 Å². The minimum absolute atomic E-state index is 0.0239. The number of quaternary nitrogens is 1. The SMILES string of the molecule is CC/C=C\C/C=C\C/C=C\C/C=C\CCCCCCCCCCCCCOCC(COP(=O)([O-])OCC[N+](C)(C)C)OC(=O)CCCCCCCCCCC/C=C\CCCCCCCCCC. The van der Waals surface area contributed by atoms with Crippen molar-refractivity contribution >= 4 is 13.8 Å². The van der Waals surface area contributed by atoms with Gasteiger partial charge in [0.25, 0.3) is 7.82 Å². The average molecular weight is 962 g/mol. The summed E-state index contributed by atoms with van der Waals surface area (Å²) in [6, 6.07) is 0. The third kappa shape index (κ3) is 55.0. The summed E-state index contributed by atoms with van der Waals surface area (Å²) in [7, 11) is 1.35. The number of phosphoric acid groups is 1. The molecule has 0 aromatic rings. The van der Waals surface area contributed by atoms with Gasteiger partial charge in [0, 0.05) is 13.0 Å². The fraction of sp³-hybridized carbons (Fsp3) is 0.810. The number of carbonyl (C=O) groups is 1. The average Bonchev–Trinajstić information content (AvgIpc) is 3.29. The van der Waals surface area contributed by atoms with E-state index in [0.717, 1.165) is 57.8 Å². The number of ether oxygens (including phenoxy) is 2. The van der Waals surface area contributed by atoms with Crippen LogP contribution in [0.4, 0.5) is 0 Å². The van der Waals surface area contributed by atoms with E-state index >= 15 is 0 Å². The van der Waals surface area contributed by atoms with Crippen LogP contribution in [0.15, 0.2) is 60.8 Å². The molecule has 67 heavy (non-hydrogen) atoms. The predicted octanol–water partition coefficient (Wildman–Crippen LogP) is 17.0. The van der Waals surface area contributed by atoms with Gasteiger partial charge < -0.3 is 27.9 Å². The molecular weight excluding hydrogens is 854 g/mol. The fourth-order valence-corrected chi connectivity index (χ4v) is 8.50. The van der Waals surface area contributed by atoms with E-state index in [2.05, 4.69) is 74.6 Å². The summed E-state index contributed by atoms with van der Waals surface area (Å²) < 4.78 is 34.8. The summed E-state index contributed by atoms with van der Waals surface area (Å²) in [4.78, 5) is 25.2. The van der Waals surface area contributed by atoms with E-state index in [-0.39, 0.29) is 25.8 Å². The zero-order valence-corrected chi connectivity index (χ0v) is 45.5. The number of likely N-dealkylation sites (N-methyl/N-ethyl adjacent to an activating group) is 1. The normalized spacial score (nSPS) is 13.9. The Balaban J connectivity index is 4.09. The highest BCUT2D eigenvalue weighted by Gasteiger charge is 2.20. The molecule has 0 saturated heterocycles. The standard InChI is InChI=1S/C58H108NO7P/c1-6-8-10-12-14-16-18-20-22-24-26-28-29-30-32-34-36-38-40-42-44-46-48-50-53-63-55-57(56-65-67(61,62)64-54-52-59(3,4)5)66-58(60)51-49-47-45-43-41-39-37-35-33-31-27-25-23-21-19-17-15-13-11-9-7-2/h8,10,14,16,20,22,25-28,57H,6-7,9,11-13,15,17-19,21,23-24,29-56H2,1-5H3/b10-8-,16-14-,22-20-,27-25-,28-26-. The molecule has 0 aliphatic carbocycles. The Labute approximate surface area is 415 Å². The molecule has 0 aromatic carbocycles. The number of esters is 1. The van der Waals surface area contributed by atoms with Crippen LogP contribution in [-0.4, -0.2) is 70.7 Å². The number of phosphoric ester groups is 1. The molecule has 8 nitrogen and oxygen atoms in total. The maximum Gasteiger partial charge on any atom is 0.306 e. The lowest BCUT2D eigenvalue weighted by atomic mass is 10.1. The second kappa shape index (κ2) is 50.6. The number of rotatable bonds is 52. The molecule has 0 aliphatic rings. The summed E-state index contributed by atoms with van der Waals surface area (Å²) >= 11 is 0. The largest absolute Gasteiger partial charge is 0.756 e. The Morgan fingerprint density at radius 3 is 1.31 bits per heavy atom. The minimum atomic E-state index is -4.54. The second-order valence-electron chi connectivity index (χ2n) is 19.9. The van der Waals surface area contributed by atoms with Gasteiger partial charge in [0.05, 0.1) is 34.4 Å². The van der Waals surface area contributed by atoms with Crippen molar-refractivity contribution < 1.29 is 37.3 Å². The van der Waals surface area contributed by atoms with Crippen LogP contribution in [0.2, 0.25) is 0 Å². The molecule has 0 saturated carbocycles. The van der Waals surface area contributed by atoms with Crippen molar-refractivity contribution in [2.24, 2.45) is 0 Å². The number of hydrogen-bond donors (Lipinski definition) is 0. The lowest BCUT2D eigenvalue weighted by Crippen LogP contribution is -2.37. The molecule has 0 rings (SSSR count). The van der Waals surface area contributed by atoms with Crippen LogP contribution >= 0.6 is 7.82 Å². The van der Waals surface area contributed by atoms with Crippen molar-refractivity contribution in [2.75, 3.05) is 54.1 Å². The van der Waals surface area contributed by atoms with Crippen molar-refractivity contribution in [3.8, 4) is 0 Å². The topological polar surface area (TPSA) is 94.1 Å². The highest BCUT2D eigenvalue weighted by molar-refractivity contribution is 7.45. The first-order chi connectivity index (χ1) is 32.6. The van der Waals surface area contributed by atoms with Gasteiger partial charge in [-0.05, 0) is 77.0 Å². The first-order valence-electron chi connectivity index (χ1n) is 28.0. The minimum Gasteiger partial charge on any atom is -0.756 e. The fourth-order valence-electron chi connectivity index (χ4n) is 7.77. The van der Waals surface area contributed by atoms with Crippen molar-refractivity contribution in [3.63, 3.8) is 0 Å². The number of carbonyl (C=O) groups excluding carboxylic acids is 1. The monoisotopic (exact) mass is 962 g/mol. The Morgan fingerprint density at radius 1 is 0.478 bits per heavy atom. The molecule has 0 heterocycles. The van der Waals surface area contributed by atoms with Crippen molar-refractivity contribution in [1.82, 2.24) is 0 Å². The zero-order chi connectivity index (χ0) is 49.0. The molecule has 392 valence electrons. The van der Waals surface area contributed by atoms with Gasteiger partial charge in [0.15, 0.2) is 0 Å². The van der Waals surface area contributed by atoms with E-state index in [1.54, 1.807) is 0 Å². The van der Waals surface area contributed by atoms with Gasteiger partial charge in [-0.25, -0.2) is 0 Å². The second-order valence-corrected chi connectivity index (χ2v) is 21.3. The summed E-state index contributed by atoms with van der Waals surface area (Å²) in [5, 5.41) is 0. The Bertz CT molecular complexity index is 1260. The van der Waals surface area contributed by atoms with Crippen LogP contribution < -0.4 is 4.89 Å². The van der Waals surface area contributed by atoms with E-state index in [0.29, 0.717) is 24.1 Å². The molecule has 0 radical (unpaired) electrons. The van der Waals surface area contributed by atoms with Gasteiger partial charge in [0.1, 0.15) is 19.3 Å². The number of allylic oxidation sites excluding steroid dienone is 10. The molecule has 0 aromatic heterocycles. The van der Waals surface area contributed by atoms with Crippen molar-refractivity contribution in [1.29, 1.82) is 0 Å². The number of unbranched alkanes of at least 4 members (excludes halogenated alkanes) is 28. The first-order valence-corrected chi connectivity index (χ1v) is 29.5. The zero-order valence-electron chi connectivity index (χ0n) is 44.6. The molecule has 0 bridgehead atoms. The van der Waals surface area contributed by atoms with E-state index in [9.17, 15) is 14.3 Å². The Morgan fingerprint density at radius 2 is 0.866 bits per heavy atom. The highest BCUT2D eigenvalue weighted by atomic mass is 31.2. The van der Waals surface area contributed by atoms with Crippen LogP contribution in [0.3, 0.4) is 0 Å². The van der Waals surface area contributed by atoms with E-state index in [4.69, 9.17) is 18.5 Å². The Hall–Kier alpha value is -1.80. The third-order valence-corrected chi connectivity index (χ3v) is 13.0. The van der Waals surface area contributed by atoms with Crippen LogP contribution in [0.5, 0.6) is 0 Å². The van der Waals surface area contributed by atoms with Crippen molar-refractivity contribution in [3.05, 3.63) is 60.8 Å². The summed E-state index contributed by atoms with van der Waals surface area (Å²) in [5.74, 6) is -0.336. The third-order valence-electron chi connectivity index (χ3n) is 12.1. The molecule has 0 fully saturated rings. The molecule has 2 atom stereocenters. The molecule has 2 unspecified atom stereocenters. The maximum atomic E-state index is 12.8. The molecule has 0 amide bonds. The van der Waals surface area contributed by atoms with Crippen molar-refractivity contribution in [2.45, 2.75) is 251 Å². The van der Waals surface area contributed by atoms with Gasteiger partial charge in [-0.1, -0.05) is 222 Å². The number of hydrogen-bond acceptors (Lipinski definition) is 7. The van der Waals surface area contributed by atoms with Crippen LogP contribution in [0, 0.1) is 0 Å². The molecule has 9 heteroatoms. The lowest BCUT2D eigenvalue weighted by molar-refractivity contribution is -0.870. The van der Waals surface area contributed by atoms with Crippen LogP contribution in [0.1, 0.15) is 245 Å². The smallest absolute Gasteiger partial charge is 0.306 e. The van der Waals surface area contributed by atoms with E-state index < -0.39 is 13.9 Å².